The third-order valence-corrected chi connectivity index (χ3v) is 4.21. The summed E-state index contributed by atoms with van der Waals surface area (Å²) in [6.07, 6.45) is 0. The van der Waals surface area contributed by atoms with E-state index in [0.717, 1.165) is 39.8 Å². The molecule has 0 unspecified atom stereocenters. The number of ether oxygens (including phenoxy) is 4. The van der Waals surface area contributed by atoms with Crippen molar-refractivity contribution in [3.8, 4) is 45.5 Å². The first kappa shape index (κ1) is 13.6. The van der Waals surface area contributed by atoms with E-state index in [-0.39, 0.29) is 13.6 Å². The van der Waals surface area contributed by atoms with Gasteiger partial charge in [-0.05, 0) is 36.4 Å². The quantitative estimate of drug-likeness (QED) is 0.699. The number of hydrogen-bond donors (Lipinski definition) is 2. The molecule has 0 spiro atoms. The molecular weight excluding hydrogens is 328 g/mol. The highest BCUT2D eigenvalue weighted by Crippen LogP contribution is 2.41. The number of aromatic amines is 1. The molecule has 2 aliphatic rings. The zero-order chi connectivity index (χ0) is 16.1. The first-order valence-electron chi connectivity index (χ1n) is 7.37. The van der Waals surface area contributed by atoms with Crippen molar-refractivity contribution in [1.82, 2.24) is 9.97 Å². The largest absolute Gasteiger partial charge is 0.454 e. The summed E-state index contributed by atoms with van der Waals surface area (Å²) in [4.78, 5) is 7.72. The second kappa shape index (κ2) is 5.10. The fourth-order valence-electron chi connectivity index (χ4n) is 2.87. The molecule has 1 N–H and O–H groups in total. The second-order valence-electron chi connectivity index (χ2n) is 5.42. The van der Waals surface area contributed by atoms with Crippen LogP contribution in [-0.2, 0) is 0 Å². The van der Waals surface area contributed by atoms with Crippen LogP contribution in [0.1, 0.15) is 0 Å². The molecule has 1 aromatic heterocycles. The summed E-state index contributed by atoms with van der Waals surface area (Å²) in [6.45, 7) is 0.487. The van der Waals surface area contributed by atoms with E-state index in [1.54, 1.807) is 0 Å². The van der Waals surface area contributed by atoms with E-state index in [1.165, 1.54) is 0 Å². The van der Waals surface area contributed by atoms with Gasteiger partial charge in [0.25, 0.3) is 0 Å². The second-order valence-corrected chi connectivity index (χ2v) is 5.84. The average molecular weight is 340 g/mol. The molecule has 0 saturated heterocycles. The molecule has 5 rings (SSSR count). The van der Waals surface area contributed by atoms with Crippen LogP contribution in [0.25, 0.3) is 22.5 Å². The van der Waals surface area contributed by atoms with E-state index in [1.807, 2.05) is 36.4 Å². The number of fused-ring (bicyclic) bond motifs is 2. The lowest BCUT2D eigenvalue weighted by molar-refractivity contribution is 0.173. The fraction of sp³-hybridized carbons (Fsp3) is 0.118. The molecule has 3 aromatic rings. The van der Waals surface area contributed by atoms with E-state index in [4.69, 9.17) is 18.9 Å². The summed E-state index contributed by atoms with van der Waals surface area (Å²) in [5.74, 6) is 2.92. The third kappa shape index (κ3) is 2.09. The van der Waals surface area contributed by atoms with Crippen LogP contribution in [0.3, 0.4) is 0 Å². The topological polar surface area (TPSA) is 65.6 Å². The summed E-state index contributed by atoms with van der Waals surface area (Å²) in [5.41, 5.74) is 3.51. The van der Waals surface area contributed by atoms with Gasteiger partial charge in [0, 0.05) is 11.1 Å². The van der Waals surface area contributed by atoms with Crippen molar-refractivity contribution in [2.75, 3.05) is 13.6 Å². The van der Waals surface area contributed by atoms with Crippen molar-refractivity contribution in [3.05, 3.63) is 36.4 Å². The van der Waals surface area contributed by atoms with Crippen LogP contribution in [0.15, 0.2) is 41.6 Å². The van der Waals surface area contributed by atoms with E-state index < -0.39 is 0 Å². The SMILES string of the molecule is Sc1nc(-c2ccc3c(c2)OCO3)c(-c2ccc3c(c2)OCO3)[nH]1. The lowest BCUT2D eigenvalue weighted by Gasteiger charge is -2.05. The number of nitrogens with zero attached hydrogens (tertiary/aromatic N) is 1. The molecular formula is C17H12N2O4S. The normalized spacial score (nSPS) is 14.2. The minimum absolute atomic E-state index is 0.242. The Hall–Kier alpha value is -2.80. The summed E-state index contributed by atoms with van der Waals surface area (Å²) >= 11 is 4.36. The van der Waals surface area contributed by atoms with E-state index in [9.17, 15) is 0 Å². The molecule has 0 atom stereocenters. The van der Waals surface area contributed by atoms with Crippen LogP contribution in [0, 0.1) is 0 Å². The Kier molecular flexibility index (Phi) is 2.90. The van der Waals surface area contributed by atoms with Crippen LogP contribution >= 0.6 is 12.6 Å². The van der Waals surface area contributed by atoms with E-state index in [2.05, 4.69) is 22.6 Å². The van der Waals surface area contributed by atoms with Gasteiger partial charge in [0.15, 0.2) is 28.2 Å². The number of benzene rings is 2. The van der Waals surface area contributed by atoms with Crippen LogP contribution < -0.4 is 18.9 Å². The van der Waals surface area contributed by atoms with Crippen molar-refractivity contribution >= 4 is 12.6 Å². The molecule has 24 heavy (non-hydrogen) atoms. The van der Waals surface area contributed by atoms with Crippen LogP contribution in [0.4, 0.5) is 0 Å². The zero-order valence-corrected chi connectivity index (χ0v) is 13.3. The average Bonchev–Trinajstić information content (AvgIpc) is 3.32. The maximum absolute atomic E-state index is 5.46. The lowest BCUT2D eigenvalue weighted by Crippen LogP contribution is -1.93. The van der Waals surface area contributed by atoms with Gasteiger partial charge in [-0.2, -0.15) is 0 Å². The predicted molar refractivity (Wildman–Crippen MR) is 89.0 cm³/mol. The van der Waals surface area contributed by atoms with Crippen molar-refractivity contribution < 1.29 is 18.9 Å². The number of aromatic nitrogens is 2. The highest BCUT2D eigenvalue weighted by Gasteiger charge is 2.20. The first-order valence-corrected chi connectivity index (χ1v) is 7.82. The third-order valence-electron chi connectivity index (χ3n) is 4.00. The number of hydrogen-bond acceptors (Lipinski definition) is 6. The monoisotopic (exact) mass is 340 g/mol. The highest BCUT2D eigenvalue weighted by atomic mass is 32.1. The van der Waals surface area contributed by atoms with Gasteiger partial charge in [0.2, 0.25) is 13.6 Å². The molecule has 0 amide bonds. The van der Waals surface area contributed by atoms with Crippen molar-refractivity contribution in [3.63, 3.8) is 0 Å². The molecule has 3 heterocycles. The van der Waals surface area contributed by atoms with E-state index in [0.29, 0.717) is 10.9 Å². The molecule has 0 aliphatic carbocycles. The summed E-state index contributed by atoms with van der Waals surface area (Å²) in [7, 11) is 0. The van der Waals surface area contributed by atoms with Crippen LogP contribution in [0.2, 0.25) is 0 Å². The Labute approximate surface area is 142 Å². The zero-order valence-electron chi connectivity index (χ0n) is 12.4. The minimum atomic E-state index is 0.242. The molecule has 2 aromatic carbocycles. The number of imidazole rings is 1. The minimum Gasteiger partial charge on any atom is -0.454 e. The van der Waals surface area contributed by atoms with Crippen molar-refractivity contribution in [2.24, 2.45) is 0 Å². The molecule has 120 valence electrons. The number of H-pyrrole nitrogens is 1. The van der Waals surface area contributed by atoms with Crippen LogP contribution in [-0.4, -0.2) is 23.6 Å². The Bertz CT molecular complexity index is 879. The van der Waals surface area contributed by atoms with Crippen molar-refractivity contribution in [2.45, 2.75) is 5.16 Å². The fourth-order valence-corrected chi connectivity index (χ4v) is 3.09. The van der Waals surface area contributed by atoms with Gasteiger partial charge in [-0.25, -0.2) is 4.98 Å². The first-order chi connectivity index (χ1) is 11.8. The summed E-state index contributed by atoms with van der Waals surface area (Å²) in [6, 6.07) is 11.5. The Morgan fingerprint density at radius 1 is 0.792 bits per heavy atom. The van der Waals surface area contributed by atoms with Gasteiger partial charge in [-0.1, -0.05) is 0 Å². The number of nitrogens with one attached hydrogen (secondary N) is 1. The molecule has 6 nitrogen and oxygen atoms in total. The van der Waals surface area contributed by atoms with Crippen LogP contribution in [0.5, 0.6) is 23.0 Å². The molecule has 7 heteroatoms. The Morgan fingerprint density at radius 3 is 2.08 bits per heavy atom. The van der Waals surface area contributed by atoms with Gasteiger partial charge in [0.05, 0.1) is 11.4 Å². The van der Waals surface area contributed by atoms with Crippen molar-refractivity contribution in [1.29, 1.82) is 0 Å². The molecule has 2 aliphatic heterocycles. The van der Waals surface area contributed by atoms with E-state index >= 15 is 0 Å². The van der Waals surface area contributed by atoms with Gasteiger partial charge in [-0.3, -0.25) is 0 Å². The smallest absolute Gasteiger partial charge is 0.231 e. The predicted octanol–water partition coefficient (Wildman–Crippen LogP) is 3.49. The number of thiol groups is 1. The molecule has 0 bridgehead atoms. The standard InChI is InChI=1S/C17H12N2O4S/c24-17-18-15(9-1-3-11-13(5-9)22-7-20-11)16(19-17)10-2-4-12-14(6-10)23-8-21-12/h1-6H,7-8H2,(H2,18,19,24). The van der Waals surface area contributed by atoms with Gasteiger partial charge < -0.3 is 23.9 Å². The van der Waals surface area contributed by atoms with Gasteiger partial charge >= 0.3 is 0 Å². The maximum Gasteiger partial charge on any atom is 0.231 e. The summed E-state index contributed by atoms with van der Waals surface area (Å²) in [5, 5.41) is 0.537. The molecule has 0 radical (unpaired) electrons. The molecule has 0 saturated carbocycles. The van der Waals surface area contributed by atoms with Gasteiger partial charge in [-0.15, -0.1) is 12.6 Å². The molecule has 0 fully saturated rings. The van der Waals surface area contributed by atoms with Gasteiger partial charge in [0.1, 0.15) is 0 Å². The summed E-state index contributed by atoms with van der Waals surface area (Å²) < 4.78 is 21.6. The Morgan fingerprint density at radius 2 is 1.38 bits per heavy atom. The Balaban J connectivity index is 1.63. The maximum atomic E-state index is 5.46. The number of rotatable bonds is 2. The lowest BCUT2D eigenvalue weighted by atomic mass is 10.0. The highest BCUT2D eigenvalue weighted by molar-refractivity contribution is 7.80.